The fourth-order valence-corrected chi connectivity index (χ4v) is 3.61. The molecule has 1 atom stereocenters. The second-order valence-corrected chi connectivity index (χ2v) is 9.35. The lowest BCUT2D eigenvalue weighted by atomic mass is 9.82. The Morgan fingerprint density at radius 3 is 2.40 bits per heavy atom. The van der Waals surface area contributed by atoms with Crippen molar-refractivity contribution in [3.05, 3.63) is 21.9 Å². The van der Waals surface area contributed by atoms with Crippen LogP contribution in [0.1, 0.15) is 64.8 Å². The van der Waals surface area contributed by atoms with E-state index in [9.17, 15) is 9.90 Å². The highest BCUT2D eigenvalue weighted by Crippen LogP contribution is 2.41. The van der Waals surface area contributed by atoms with Crippen LogP contribution in [0, 0.1) is 12.3 Å². The summed E-state index contributed by atoms with van der Waals surface area (Å²) in [5.74, 6) is -0.994. The molecule has 140 valence electrons. The monoisotopic (exact) mass is 412 g/mol. The molecular formula is C19H29BrN2O3. The van der Waals surface area contributed by atoms with E-state index in [1.54, 1.807) is 6.20 Å². The summed E-state index contributed by atoms with van der Waals surface area (Å²) < 4.78 is 6.72. The number of nitrogens with zero attached hydrogens (tertiary/aromatic N) is 2. The van der Waals surface area contributed by atoms with Gasteiger partial charge in [0.05, 0.1) is 21.5 Å². The topological polar surface area (TPSA) is 62.7 Å². The van der Waals surface area contributed by atoms with E-state index >= 15 is 0 Å². The Hall–Kier alpha value is -1.14. The van der Waals surface area contributed by atoms with Crippen molar-refractivity contribution < 1.29 is 14.6 Å². The van der Waals surface area contributed by atoms with E-state index in [1.807, 2.05) is 27.7 Å². The van der Waals surface area contributed by atoms with Gasteiger partial charge >= 0.3 is 5.97 Å². The van der Waals surface area contributed by atoms with E-state index in [1.165, 1.54) is 0 Å². The second kappa shape index (κ2) is 7.23. The van der Waals surface area contributed by atoms with Crippen LogP contribution in [0.25, 0.3) is 0 Å². The van der Waals surface area contributed by atoms with Crippen LogP contribution in [0.15, 0.2) is 10.7 Å². The normalized spacial score (nSPS) is 18.9. The first-order valence-electron chi connectivity index (χ1n) is 8.72. The Kier molecular flexibility index (Phi) is 5.84. The number of ether oxygens (including phenoxy) is 1. The van der Waals surface area contributed by atoms with Crippen molar-refractivity contribution in [2.45, 2.75) is 66.1 Å². The second-order valence-electron chi connectivity index (χ2n) is 8.56. The Morgan fingerprint density at radius 1 is 1.36 bits per heavy atom. The molecule has 1 aliphatic heterocycles. The molecule has 1 aromatic heterocycles. The third-order valence-electron chi connectivity index (χ3n) is 4.61. The molecule has 0 radical (unpaired) electrons. The van der Waals surface area contributed by atoms with Gasteiger partial charge in [0.25, 0.3) is 0 Å². The smallest absolute Gasteiger partial charge is 0.337 e. The molecule has 1 aliphatic rings. The van der Waals surface area contributed by atoms with Gasteiger partial charge < -0.3 is 14.7 Å². The van der Waals surface area contributed by atoms with Crippen molar-refractivity contribution in [3.63, 3.8) is 0 Å². The standard InChI is InChI=1S/C19H29BrN2O3/c1-12-14(20)15(22-9-7-19(5,6)8-10-22)13(11-21-12)16(17(23)24)25-18(2,3)4/h11,16H,7-10H2,1-6H3,(H,23,24)/t16-/m0/s1. The number of carboxylic acid groups (broad SMARTS) is 1. The average molecular weight is 413 g/mol. The van der Waals surface area contributed by atoms with Crippen LogP contribution in [0.4, 0.5) is 5.69 Å². The maximum Gasteiger partial charge on any atom is 0.337 e. The van der Waals surface area contributed by atoms with Crippen LogP contribution in [0.5, 0.6) is 0 Å². The molecule has 0 saturated carbocycles. The molecular weight excluding hydrogens is 384 g/mol. The molecule has 0 amide bonds. The number of pyridine rings is 1. The number of carboxylic acids is 1. The number of halogens is 1. The maximum absolute atomic E-state index is 11.9. The number of hydrogen-bond acceptors (Lipinski definition) is 4. The number of hydrogen-bond donors (Lipinski definition) is 1. The number of aliphatic carboxylic acids is 1. The zero-order valence-corrected chi connectivity index (χ0v) is 17.6. The van der Waals surface area contributed by atoms with Crippen molar-refractivity contribution in [3.8, 4) is 0 Å². The highest BCUT2D eigenvalue weighted by molar-refractivity contribution is 9.10. The third-order valence-corrected chi connectivity index (χ3v) is 5.56. The van der Waals surface area contributed by atoms with Crippen LogP contribution < -0.4 is 4.90 Å². The van der Waals surface area contributed by atoms with Crippen LogP contribution in [-0.2, 0) is 9.53 Å². The van der Waals surface area contributed by atoms with Gasteiger partial charge in [-0.2, -0.15) is 0 Å². The minimum absolute atomic E-state index is 0.319. The molecule has 2 heterocycles. The Balaban J connectivity index is 2.48. The van der Waals surface area contributed by atoms with Crippen LogP contribution in [0.3, 0.4) is 0 Å². The first-order chi connectivity index (χ1) is 11.4. The van der Waals surface area contributed by atoms with Crippen molar-refractivity contribution >= 4 is 27.6 Å². The van der Waals surface area contributed by atoms with Gasteiger partial charge in [0.1, 0.15) is 0 Å². The zero-order valence-electron chi connectivity index (χ0n) is 16.0. The summed E-state index contributed by atoms with van der Waals surface area (Å²) >= 11 is 3.64. The fourth-order valence-electron chi connectivity index (χ4n) is 3.03. The van der Waals surface area contributed by atoms with Crippen molar-refractivity contribution in [2.75, 3.05) is 18.0 Å². The molecule has 0 unspecified atom stereocenters. The minimum Gasteiger partial charge on any atom is -0.479 e. The van der Waals surface area contributed by atoms with E-state index in [0.717, 1.165) is 41.8 Å². The number of rotatable bonds is 4. The van der Waals surface area contributed by atoms with E-state index in [0.29, 0.717) is 11.0 Å². The molecule has 0 bridgehead atoms. The summed E-state index contributed by atoms with van der Waals surface area (Å²) in [5.41, 5.74) is 2.11. The highest BCUT2D eigenvalue weighted by Gasteiger charge is 2.34. The maximum atomic E-state index is 11.9. The number of aromatic nitrogens is 1. The predicted molar refractivity (Wildman–Crippen MR) is 103 cm³/mol. The summed E-state index contributed by atoms with van der Waals surface area (Å²) in [6.45, 7) is 13.9. The molecule has 2 rings (SSSR count). The lowest BCUT2D eigenvalue weighted by Gasteiger charge is -2.40. The van der Waals surface area contributed by atoms with Gasteiger partial charge in [-0.1, -0.05) is 13.8 Å². The molecule has 6 heteroatoms. The fraction of sp³-hybridized carbons (Fsp3) is 0.684. The molecule has 0 spiro atoms. The van der Waals surface area contributed by atoms with E-state index in [2.05, 4.69) is 39.7 Å². The Morgan fingerprint density at radius 2 is 1.92 bits per heavy atom. The van der Waals surface area contributed by atoms with E-state index in [-0.39, 0.29) is 0 Å². The lowest BCUT2D eigenvalue weighted by molar-refractivity contribution is -0.160. The van der Waals surface area contributed by atoms with Gasteiger partial charge in [-0.25, -0.2) is 4.79 Å². The van der Waals surface area contributed by atoms with Crippen LogP contribution in [0.2, 0.25) is 0 Å². The van der Waals surface area contributed by atoms with Crippen molar-refractivity contribution in [1.29, 1.82) is 0 Å². The lowest BCUT2D eigenvalue weighted by Crippen LogP contribution is -2.39. The average Bonchev–Trinajstić information content (AvgIpc) is 2.47. The zero-order chi connectivity index (χ0) is 19.0. The summed E-state index contributed by atoms with van der Waals surface area (Å²) in [7, 11) is 0. The number of aryl methyl sites for hydroxylation is 1. The summed E-state index contributed by atoms with van der Waals surface area (Å²) in [5, 5.41) is 9.77. The Labute approximate surface area is 158 Å². The number of anilines is 1. The number of carbonyl (C=O) groups is 1. The van der Waals surface area contributed by atoms with Crippen molar-refractivity contribution in [1.82, 2.24) is 4.98 Å². The first-order valence-corrected chi connectivity index (χ1v) is 9.51. The highest BCUT2D eigenvalue weighted by atomic mass is 79.9. The summed E-state index contributed by atoms with van der Waals surface area (Å²) in [6.07, 6.45) is 2.74. The molecule has 0 aliphatic carbocycles. The largest absolute Gasteiger partial charge is 0.479 e. The molecule has 1 aromatic rings. The van der Waals surface area contributed by atoms with E-state index < -0.39 is 17.7 Å². The van der Waals surface area contributed by atoms with E-state index in [4.69, 9.17) is 4.74 Å². The molecule has 1 fully saturated rings. The SMILES string of the molecule is Cc1ncc([C@H](OC(C)(C)C)C(=O)O)c(N2CCC(C)(C)CC2)c1Br. The third kappa shape index (κ3) is 4.94. The van der Waals surface area contributed by atoms with Gasteiger partial charge in [0.2, 0.25) is 0 Å². The number of piperidine rings is 1. The van der Waals surface area contributed by atoms with Gasteiger partial charge in [-0.05, 0) is 61.9 Å². The summed E-state index contributed by atoms with van der Waals surface area (Å²) in [6, 6.07) is 0. The van der Waals surface area contributed by atoms with Crippen LogP contribution in [-0.4, -0.2) is 34.8 Å². The predicted octanol–water partition coefficient (Wildman–Crippen LogP) is 4.72. The molecule has 25 heavy (non-hydrogen) atoms. The molecule has 1 saturated heterocycles. The molecule has 5 nitrogen and oxygen atoms in total. The van der Waals surface area contributed by atoms with Gasteiger partial charge in [0.15, 0.2) is 6.10 Å². The minimum atomic E-state index is -1.05. The quantitative estimate of drug-likeness (QED) is 0.774. The molecule has 0 aromatic carbocycles. The first kappa shape index (κ1) is 20.2. The van der Waals surface area contributed by atoms with Crippen LogP contribution >= 0.6 is 15.9 Å². The van der Waals surface area contributed by atoms with Gasteiger partial charge in [-0.3, -0.25) is 4.98 Å². The Bertz CT molecular complexity index is 643. The summed E-state index contributed by atoms with van der Waals surface area (Å²) in [4.78, 5) is 18.6. The molecule has 1 N–H and O–H groups in total. The van der Waals surface area contributed by atoms with Gasteiger partial charge in [-0.15, -0.1) is 0 Å². The van der Waals surface area contributed by atoms with Gasteiger partial charge in [0, 0.05) is 24.8 Å². The van der Waals surface area contributed by atoms with Crippen molar-refractivity contribution in [2.24, 2.45) is 5.41 Å².